The van der Waals surface area contributed by atoms with Gasteiger partial charge < -0.3 is 16.4 Å². The van der Waals surface area contributed by atoms with Crippen molar-refractivity contribution in [3.05, 3.63) is 42.7 Å². The Kier molecular flexibility index (Phi) is 4.93. The van der Waals surface area contributed by atoms with Crippen LogP contribution >= 0.6 is 0 Å². The molecule has 1 fully saturated rings. The van der Waals surface area contributed by atoms with E-state index >= 15 is 0 Å². The van der Waals surface area contributed by atoms with Gasteiger partial charge in [-0.3, -0.25) is 9.69 Å². The third-order valence-electron chi connectivity index (χ3n) is 4.20. The molecule has 0 aromatic heterocycles. The quantitative estimate of drug-likeness (QED) is 0.555. The van der Waals surface area contributed by atoms with Gasteiger partial charge >= 0.3 is 6.03 Å². The Hall–Kier alpha value is -2.50. The van der Waals surface area contributed by atoms with Crippen molar-refractivity contribution in [1.29, 1.82) is 0 Å². The summed E-state index contributed by atoms with van der Waals surface area (Å²) in [6, 6.07) is 8.74. The molecule has 0 aliphatic carbocycles. The van der Waals surface area contributed by atoms with Gasteiger partial charge in [0.15, 0.2) is 0 Å². The molecule has 23 heavy (non-hydrogen) atoms. The molecule has 6 heteroatoms. The van der Waals surface area contributed by atoms with Crippen molar-refractivity contribution in [3.63, 3.8) is 0 Å². The summed E-state index contributed by atoms with van der Waals surface area (Å²) in [7, 11) is 0. The Labute approximate surface area is 136 Å². The summed E-state index contributed by atoms with van der Waals surface area (Å²) in [4.78, 5) is 26.0. The van der Waals surface area contributed by atoms with E-state index in [-0.39, 0.29) is 17.9 Å². The molecule has 1 aliphatic rings. The molecule has 1 unspecified atom stereocenters. The van der Waals surface area contributed by atoms with Crippen LogP contribution in [0.5, 0.6) is 0 Å². The first-order chi connectivity index (χ1) is 10.8. The van der Waals surface area contributed by atoms with Crippen LogP contribution in [0.25, 0.3) is 0 Å². The SMILES string of the molecule is C=C(N)NCCCC1C(=O)N(C(=O)Nc2ccccc2)C1(C)C. The molecule has 0 bridgehead atoms. The van der Waals surface area contributed by atoms with E-state index in [4.69, 9.17) is 5.73 Å². The highest BCUT2D eigenvalue weighted by atomic mass is 16.2. The van der Waals surface area contributed by atoms with Crippen molar-refractivity contribution in [1.82, 2.24) is 10.2 Å². The van der Waals surface area contributed by atoms with Crippen molar-refractivity contribution in [3.8, 4) is 0 Å². The molecule has 4 N–H and O–H groups in total. The van der Waals surface area contributed by atoms with E-state index in [9.17, 15) is 9.59 Å². The molecular formula is C17H24N4O2. The Morgan fingerprint density at radius 2 is 2.00 bits per heavy atom. The Morgan fingerprint density at radius 1 is 1.35 bits per heavy atom. The van der Waals surface area contributed by atoms with Gasteiger partial charge in [-0.05, 0) is 38.8 Å². The molecule has 124 valence electrons. The summed E-state index contributed by atoms with van der Waals surface area (Å²) < 4.78 is 0. The molecule has 0 radical (unpaired) electrons. The Balaban J connectivity index is 1.91. The zero-order valence-corrected chi connectivity index (χ0v) is 13.6. The van der Waals surface area contributed by atoms with Crippen LogP contribution in [0.1, 0.15) is 26.7 Å². The molecule has 1 aliphatic heterocycles. The first kappa shape index (κ1) is 16.9. The zero-order chi connectivity index (χ0) is 17.0. The average molecular weight is 316 g/mol. The highest BCUT2D eigenvalue weighted by Gasteiger charge is 2.56. The van der Waals surface area contributed by atoms with Crippen LogP contribution in [0.4, 0.5) is 10.5 Å². The minimum atomic E-state index is -0.490. The summed E-state index contributed by atoms with van der Waals surface area (Å²) in [5.41, 5.74) is 5.62. The van der Waals surface area contributed by atoms with Crippen LogP contribution in [0.15, 0.2) is 42.7 Å². The van der Waals surface area contributed by atoms with Gasteiger partial charge in [0.05, 0.1) is 17.3 Å². The normalized spacial score (nSPS) is 19.0. The van der Waals surface area contributed by atoms with E-state index in [1.807, 2.05) is 32.0 Å². The highest BCUT2D eigenvalue weighted by Crippen LogP contribution is 2.40. The molecule has 2 rings (SSSR count). The van der Waals surface area contributed by atoms with Crippen molar-refractivity contribution < 1.29 is 9.59 Å². The van der Waals surface area contributed by atoms with Crippen molar-refractivity contribution in [2.24, 2.45) is 11.7 Å². The van der Waals surface area contributed by atoms with Crippen molar-refractivity contribution in [2.75, 3.05) is 11.9 Å². The number of carbonyl (C=O) groups is 2. The average Bonchev–Trinajstić information content (AvgIpc) is 2.47. The fourth-order valence-corrected chi connectivity index (χ4v) is 2.93. The number of para-hydroxylation sites is 1. The lowest BCUT2D eigenvalue weighted by Crippen LogP contribution is -2.70. The second-order valence-corrected chi connectivity index (χ2v) is 6.27. The molecule has 6 nitrogen and oxygen atoms in total. The molecule has 3 amide bonds. The van der Waals surface area contributed by atoms with E-state index in [1.165, 1.54) is 4.90 Å². The topological polar surface area (TPSA) is 87.5 Å². The number of benzene rings is 1. The van der Waals surface area contributed by atoms with Gasteiger partial charge in [0.2, 0.25) is 5.91 Å². The molecule has 1 heterocycles. The number of rotatable bonds is 6. The molecule has 1 aromatic carbocycles. The number of hydrogen-bond donors (Lipinski definition) is 3. The first-order valence-electron chi connectivity index (χ1n) is 7.72. The van der Waals surface area contributed by atoms with Crippen LogP contribution < -0.4 is 16.4 Å². The van der Waals surface area contributed by atoms with E-state index < -0.39 is 5.54 Å². The number of imide groups is 1. The van der Waals surface area contributed by atoms with Crippen molar-refractivity contribution >= 4 is 17.6 Å². The number of urea groups is 1. The minimum absolute atomic E-state index is 0.130. The lowest BCUT2D eigenvalue weighted by Gasteiger charge is -2.52. The van der Waals surface area contributed by atoms with E-state index in [1.54, 1.807) is 12.1 Å². The maximum absolute atomic E-state index is 12.3. The van der Waals surface area contributed by atoms with Crippen LogP contribution in [0.2, 0.25) is 0 Å². The minimum Gasteiger partial charge on any atom is -0.386 e. The Morgan fingerprint density at radius 3 is 2.57 bits per heavy atom. The third-order valence-corrected chi connectivity index (χ3v) is 4.20. The monoisotopic (exact) mass is 316 g/mol. The van der Waals surface area contributed by atoms with Gasteiger partial charge in [-0.25, -0.2) is 4.79 Å². The van der Waals surface area contributed by atoms with Crippen LogP contribution in [-0.2, 0) is 4.79 Å². The molecule has 1 atom stereocenters. The predicted molar refractivity (Wildman–Crippen MR) is 90.4 cm³/mol. The molecule has 0 saturated carbocycles. The number of carbonyl (C=O) groups excluding carboxylic acids is 2. The number of β-lactam (4-membered cyclic amide) rings is 1. The Bertz CT molecular complexity index is 598. The van der Waals surface area contributed by atoms with Crippen molar-refractivity contribution in [2.45, 2.75) is 32.2 Å². The van der Waals surface area contributed by atoms with Gasteiger partial charge in [-0.2, -0.15) is 0 Å². The van der Waals surface area contributed by atoms with Crippen LogP contribution in [0, 0.1) is 5.92 Å². The predicted octanol–water partition coefficient (Wildman–Crippen LogP) is 2.26. The number of nitrogens with one attached hydrogen (secondary N) is 2. The van der Waals surface area contributed by atoms with E-state index in [2.05, 4.69) is 17.2 Å². The highest BCUT2D eigenvalue weighted by molar-refractivity contribution is 6.07. The van der Waals surface area contributed by atoms with Gasteiger partial charge in [-0.15, -0.1) is 0 Å². The molecule has 1 aromatic rings. The fraction of sp³-hybridized carbons (Fsp3) is 0.412. The number of likely N-dealkylation sites (tertiary alicyclic amines) is 1. The number of anilines is 1. The maximum Gasteiger partial charge on any atom is 0.329 e. The van der Waals surface area contributed by atoms with Gasteiger partial charge in [0.1, 0.15) is 0 Å². The van der Waals surface area contributed by atoms with Crippen LogP contribution in [-0.4, -0.2) is 28.9 Å². The standard InChI is InChI=1S/C17H24N4O2/c1-12(18)19-11-7-10-14-15(22)21(17(14,2)3)16(23)20-13-8-5-4-6-9-13/h4-6,8-9,14,19H,1,7,10-11,18H2,2-3H3,(H,20,23). The summed E-state index contributed by atoms with van der Waals surface area (Å²) in [6.07, 6.45) is 1.51. The van der Waals surface area contributed by atoms with Gasteiger partial charge in [-0.1, -0.05) is 24.8 Å². The van der Waals surface area contributed by atoms with E-state index in [0.29, 0.717) is 24.5 Å². The first-order valence-corrected chi connectivity index (χ1v) is 7.72. The lowest BCUT2D eigenvalue weighted by molar-refractivity contribution is -0.158. The largest absolute Gasteiger partial charge is 0.386 e. The van der Waals surface area contributed by atoms with Crippen LogP contribution in [0.3, 0.4) is 0 Å². The summed E-state index contributed by atoms with van der Waals surface area (Å²) in [6.45, 7) is 8.07. The van der Waals surface area contributed by atoms with Gasteiger partial charge in [0, 0.05) is 12.2 Å². The molecule has 0 spiro atoms. The summed E-state index contributed by atoms with van der Waals surface area (Å²) in [5.74, 6) is 0.139. The number of hydrogen-bond acceptors (Lipinski definition) is 4. The zero-order valence-electron chi connectivity index (χ0n) is 13.6. The number of nitrogens with zero attached hydrogens (tertiary/aromatic N) is 1. The number of nitrogens with two attached hydrogens (primary N) is 1. The third kappa shape index (κ3) is 3.64. The summed E-state index contributed by atoms with van der Waals surface area (Å²) >= 11 is 0. The lowest BCUT2D eigenvalue weighted by atomic mass is 9.73. The molecule has 1 saturated heterocycles. The number of amides is 3. The van der Waals surface area contributed by atoms with E-state index in [0.717, 1.165) is 6.42 Å². The second kappa shape index (κ2) is 6.73. The fourth-order valence-electron chi connectivity index (χ4n) is 2.93. The molecular weight excluding hydrogens is 292 g/mol. The smallest absolute Gasteiger partial charge is 0.329 e. The van der Waals surface area contributed by atoms with Gasteiger partial charge in [0.25, 0.3) is 0 Å². The second-order valence-electron chi connectivity index (χ2n) is 6.27. The maximum atomic E-state index is 12.3. The summed E-state index contributed by atoms with van der Waals surface area (Å²) in [5, 5.41) is 5.70.